The smallest absolute Gasteiger partial charge is 0.106 e. The van der Waals surface area contributed by atoms with Gasteiger partial charge in [0.1, 0.15) is 5.69 Å². The third kappa shape index (κ3) is 2.62. The topological polar surface area (TPSA) is 74.6 Å². The molecule has 0 aliphatic heterocycles. The van der Waals surface area contributed by atoms with Crippen molar-refractivity contribution in [3.63, 3.8) is 0 Å². The summed E-state index contributed by atoms with van der Waals surface area (Å²) in [6.07, 6.45) is 3.44. The highest BCUT2D eigenvalue weighted by Gasteiger charge is 2.20. The van der Waals surface area contributed by atoms with E-state index in [2.05, 4.69) is 31.2 Å². The van der Waals surface area contributed by atoms with Gasteiger partial charge in [0.05, 0.1) is 34.3 Å². The molecule has 0 amide bonds. The molecule has 2 heterocycles. The fourth-order valence-electron chi connectivity index (χ4n) is 2.18. The molecule has 6 nitrogen and oxygen atoms in total. The Labute approximate surface area is 130 Å². The lowest BCUT2D eigenvalue weighted by atomic mass is 10.1. The van der Waals surface area contributed by atoms with Crippen LogP contribution in [0.1, 0.15) is 24.4 Å². The number of hydrogen-bond donors (Lipinski definition) is 1. The summed E-state index contributed by atoms with van der Waals surface area (Å²) in [6.45, 7) is 2.78. The van der Waals surface area contributed by atoms with Crippen LogP contribution in [0, 0.1) is 0 Å². The van der Waals surface area contributed by atoms with Crippen molar-refractivity contribution in [2.24, 2.45) is 5.73 Å². The Morgan fingerprint density at radius 2 is 1.95 bits per heavy atom. The van der Waals surface area contributed by atoms with Gasteiger partial charge in [0.2, 0.25) is 0 Å². The second-order valence-electron chi connectivity index (χ2n) is 4.57. The van der Waals surface area contributed by atoms with Crippen molar-refractivity contribution < 1.29 is 0 Å². The molecular formula is C14H15BrN6. The maximum absolute atomic E-state index is 6.32. The van der Waals surface area contributed by atoms with Gasteiger partial charge in [0.15, 0.2) is 0 Å². The van der Waals surface area contributed by atoms with Crippen LogP contribution in [0.5, 0.6) is 0 Å². The Morgan fingerprint density at radius 1 is 1.19 bits per heavy atom. The molecule has 0 bridgehead atoms. The standard InChI is InChI=1S/C14H15BrN6/c1-2-20-14(11(15)8-17-20)13(16)12-9-18-21(19-12)10-6-4-3-5-7-10/h3-9,13H,2,16H2,1H3. The lowest BCUT2D eigenvalue weighted by Gasteiger charge is -2.11. The first-order valence-electron chi connectivity index (χ1n) is 6.65. The van der Waals surface area contributed by atoms with Crippen LogP contribution in [0.15, 0.2) is 47.2 Å². The van der Waals surface area contributed by atoms with E-state index >= 15 is 0 Å². The van der Waals surface area contributed by atoms with Crippen LogP contribution in [-0.4, -0.2) is 24.8 Å². The van der Waals surface area contributed by atoms with Crippen LogP contribution in [0.25, 0.3) is 5.69 Å². The zero-order valence-corrected chi connectivity index (χ0v) is 13.1. The average Bonchev–Trinajstić information content (AvgIpc) is 3.14. The van der Waals surface area contributed by atoms with Gasteiger partial charge in [-0.05, 0) is 35.0 Å². The van der Waals surface area contributed by atoms with Crippen LogP contribution in [0.4, 0.5) is 0 Å². The second-order valence-corrected chi connectivity index (χ2v) is 5.42. The van der Waals surface area contributed by atoms with E-state index < -0.39 is 0 Å². The van der Waals surface area contributed by atoms with E-state index in [0.717, 1.165) is 22.4 Å². The number of hydrogen-bond acceptors (Lipinski definition) is 4. The van der Waals surface area contributed by atoms with Gasteiger partial charge in [-0.1, -0.05) is 18.2 Å². The summed E-state index contributed by atoms with van der Waals surface area (Å²) in [6, 6.07) is 9.36. The number of aryl methyl sites for hydroxylation is 1. The highest BCUT2D eigenvalue weighted by Crippen LogP contribution is 2.25. The number of halogens is 1. The molecule has 1 atom stereocenters. The van der Waals surface area contributed by atoms with Gasteiger partial charge in [-0.25, -0.2) is 0 Å². The van der Waals surface area contributed by atoms with Gasteiger partial charge < -0.3 is 5.73 Å². The Morgan fingerprint density at radius 3 is 2.67 bits per heavy atom. The molecule has 0 saturated carbocycles. The fraction of sp³-hybridized carbons (Fsp3) is 0.214. The number of benzene rings is 1. The quantitative estimate of drug-likeness (QED) is 0.786. The normalized spacial score (nSPS) is 12.5. The average molecular weight is 347 g/mol. The maximum Gasteiger partial charge on any atom is 0.106 e. The highest BCUT2D eigenvalue weighted by atomic mass is 79.9. The summed E-state index contributed by atoms with van der Waals surface area (Å²) in [4.78, 5) is 1.58. The molecule has 1 unspecified atom stereocenters. The van der Waals surface area contributed by atoms with Crippen molar-refractivity contribution in [1.29, 1.82) is 0 Å². The summed E-state index contributed by atoms with van der Waals surface area (Å²) in [5.74, 6) is 0. The van der Waals surface area contributed by atoms with Crippen LogP contribution in [0.2, 0.25) is 0 Å². The largest absolute Gasteiger partial charge is 0.318 e. The summed E-state index contributed by atoms with van der Waals surface area (Å²) in [5, 5.41) is 13.0. The minimum absolute atomic E-state index is 0.376. The molecule has 0 radical (unpaired) electrons. The number of nitrogens with zero attached hydrogens (tertiary/aromatic N) is 5. The first-order chi connectivity index (χ1) is 10.2. The number of aromatic nitrogens is 5. The van der Waals surface area contributed by atoms with Crippen LogP contribution < -0.4 is 5.73 Å². The third-order valence-electron chi connectivity index (χ3n) is 3.24. The monoisotopic (exact) mass is 346 g/mol. The van der Waals surface area contributed by atoms with Crippen molar-refractivity contribution in [2.75, 3.05) is 0 Å². The molecule has 2 aromatic heterocycles. The summed E-state index contributed by atoms with van der Waals surface area (Å²) in [7, 11) is 0. The molecule has 1 aromatic carbocycles. The van der Waals surface area contributed by atoms with Gasteiger partial charge in [-0.3, -0.25) is 4.68 Å². The first-order valence-corrected chi connectivity index (χ1v) is 7.44. The van der Waals surface area contributed by atoms with Crippen molar-refractivity contribution in [1.82, 2.24) is 24.8 Å². The lowest BCUT2D eigenvalue weighted by Crippen LogP contribution is -2.18. The van der Waals surface area contributed by atoms with Gasteiger partial charge >= 0.3 is 0 Å². The Kier molecular flexibility index (Phi) is 3.85. The number of para-hydroxylation sites is 1. The minimum atomic E-state index is -0.376. The SMILES string of the molecule is CCn1ncc(Br)c1C(N)c1cnn(-c2ccccc2)n1. The van der Waals surface area contributed by atoms with E-state index in [1.165, 1.54) is 0 Å². The van der Waals surface area contributed by atoms with Gasteiger partial charge in [-0.15, -0.1) is 0 Å². The molecule has 3 aromatic rings. The van der Waals surface area contributed by atoms with Crippen molar-refractivity contribution >= 4 is 15.9 Å². The summed E-state index contributed by atoms with van der Waals surface area (Å²) in [5.41, 5.74) is 8.83. The lowest BCUT2D eigenvalue weighted by molar-refractivity contribution is 0.591. The van der Waals surface area contributed by atoms with E-state index in [1.807, 2.05) is 41.9 Å². The Balaban J connectivity index is 1.94. The van der Waals surface area contributed by atoms with E-state index in [4.69, 9.17) is 5.73 Å². The fourth-order valence-corrected chi connectivity index (χ4v) is 2.72. The first kappa shape index (κ1) is 14.0. The molecule has 0 saturated heterocycles. The van der Waals surface area contributed by atoms with E-state index in [0.29, 0.717) is 5.69 Å². The van der Waals surface area contributed by atoms with Crippen molar-refractivity contribution in [2.45, 2.75) is 19.5 Å². The molecule has 0 aliphatic rings. The highest BCUT2D eigenvalue weighted by molar-refractivity contribution is 9.10. The summed E-state index contributed by atoms with van der Waals surface area (Å²) < 4.78 is 2.74. The third-order valence-corrected chi connectivity index (χ3v) is 3.85. The van der Waals surface area contributed by atoms with Crippen molar-refractivity contribution in [3.05, 3.63) is 58.6 Å². The molecule has 108 valence electrons. The molecule has 7 heteroatoms. The van der Waals surface area contributed by atoms with Gasteiger partial charge in [0, 0.05) is 6.54 Å². The minimum Gasteiger partial charge on any atom is -0.318 e. The van der Waals surface area contributed by atoms with Crippen molar-refractivity contribution in [3.8, 4) is 5.69 Å². The molecule has 0 aliphatic carbocycles. The zero-order valence-electron chi connectivity index (χ0n) is 11.5. The summed E-state index contributed by atoms with van der Waals surface area (Å²) >= 11 is 3.49. The molecular weight excluding hydrogens is 332 g/mol. The molecule has 0 fully saturated rings. The predicted octanol–water partition coefficient (Wildman–Crippen LogP) is 2.29. The van der Waals surface area contributed by atoms with E-state index in [-0.39, 0.29) is 6.04 Å². The predicted molar refractivity (Wildman–Crippen MR) is 83.0 cm³/mol. The molecule has 3 rings (SSSR count). The molecule has 2 N–H and O–H groups in total. The number of rotatable bonds is 4. The Bertz CT molecular complexity index is 733. The van der Waals surface area contributed by atoms with Gasteiger partial charge in [0.25, 0.3) is 0 Å². The second kappa shape index (κ2) is 5.79. The number of nitrogens with two attached hydrogens (primary N) is 1. The van der Waals surface area contributed by atoms with Crippen LogP contribution in [0.3, 0.4) is 0 Å². The van der Waals surface area contributed by atoms with E-state index in [1.54, 1.807) is 17.2 Å². The van der Waals surface area contributed by atoms with Gasteiger partial charge in [-0.2, -0.15) is 20.1 Å². The van der Waals surface area contributed by atoms with Crippen LogP contribution >= 0.6 is 15.9 Å². The molecule has 0 spiro atoms. The van der Waals surface area contributed by atoms with E-state index in [9.17, 15) is 0 Å². The van der Waals surface area contributed by atoms with Crippen LogP contribution in [-0.2, 0) is 6.54 Å². The maximum atomic E-state index is 6.32. The molecule has 21 heavy (non-hydrogen) atoms. The zero-order chi connectivity index (χ0) is 14.8. The Hall–Kier alpha value is -1.99.